The van der Waals surface area contributed by atoms with Gasteiger partial charge in [0.15, 0.2) is 12.3 Å². The second kappa shape index (κ2) is 8.64. The van der Waals surface area contributed by atoms with Crippen molar-refractivity contribution >= 4 is 40.2 Å². The molecule has 33 heavy (non-hydrogen) atoms. The van der Waals surface area contributed by atoms with Crippen LogP contribution in [-0.2, 0) is 14.3 Å². The van der Waals surface area contributed by atoms with Crippen LogP contribution < -0.4 is 19.8 Å². The fourth-order valence-corrected chi connectivity index (χ4v) is 4.58. The number of fused-ring (bicyclic) bond motifs is 2. The molecule has 0 radical (unpaired) electrons. The first-order chi connectivity index (χ1) is 16.1. The number of para-hydroxylation sites is 1. The van der Waals surface area contributed by atoms with Crippen LogP contribution in [0, 0.1) is 0 Å². The average Bonchev–Trinajstić information content (AvgIpc) is 3.33. The van der Waals surface area contributed by atoms with Gasteiger partial charge in [-0.15, -0.1) is 11.3 Å². The molecule has 0 unspecified atom stereocenters. The van der Waals surface area contributed by atoms with Gasteiger partial charge < -0.3 is 19.7 Å². The SMILES string of the molecule is COCCN=c1scc(-c2ccc3c(c2)NC(=O)CO3)n1/N=C1\C(=O)N(C)c2ccccc21. The number of likely N-dealkylation sites (N-methyl/N-ethyl adjacent to an activating group) is 1. The third kappa shape index (κ3) is 3.83. The van der Waals surface area contributed by atoms with Crippen molar-refractivity contribution in [3.8, 4) is 17.0 Å². The van der Waals surface area contributed by atoms with Crippen LogP contribution in [0.25, 0.3) is 11.3 Å². The summed E-state index contributed by atoms with van der Waals surface area (Å²) in [7, 11) is 3.36. The molecule has 0 bridgehead atoms. The number of methoxy groups -OCH3 is 1. The van der Waals surface area contributed by atoms with Gasteiger partial charge in [-0.3, -0.25) is 14.6 Å². The Hall–Kier alpha value is -3.76. The van der Waals surface area contributed by atoms with E-state index in [0.717, 1.165) is 22.5 Å². The van der Waals surface area contributed by atoms with Crippen molar-refractivity contribution in [2.75, 3.05) is 44.1 Å². The number of thiazole rings is 1. The van der Waals surface area contributed by atoms with E-state index in [4.69, 9.17) is 14.6 Å². The van der Waals surface area contributed by atoms with Crippen LogP contribution in [-0.4, -0.2) is 56.1 Å². The van der Waals surface area contributed by atoms with Crippen LogP contribution in [0.3, 0.4) is 0 Å². The summed E-state index contributed by atoms with van der Waals surface area (Å²) >= 11 is 1.42. The largest absolute Gasteiger partial charge is 0.482 e. The predicted octanol–water partition coefficient (Wildman–Crippen LogP) is 2.32. The lowest BCUT2D eigenvalue weighted by molar-refractivity contribution is -0.118. The molecule has 10 heteroatoms. The second-order valence-electron chi connectivity index (χ2n) is 7.47. The summed E-state index contributed by atoms with van der Waals surface area (Å²) in [5, 5.41) is 9.53. The van der Waals surface area contributed by atoms with Crippen molar-refractivity contribution in [2.45, 2.75) is 0 Å². The molecule has 1 N–H and O–H groups in total. The molecule has 0 spiro atoms. The highest BCUT2D eigenvalue weighted by Gasteiger charge is 2.31. The lowest BCUT2D eigenvalue weighted by Gasteiger charge is -2.18. The van der Waals surface area contributed by atoms with E-state index in [1.807, 2.05) is 47.8 Å². The molecule has 0 aliphatic carbocycles. The Morgan fingerprint density at radius 1 is 1.21 bits per heavy atom. The van der Waals surface area contributed by atoms with E-state index in [2.05, 4.69) is 10.3 Å². The number of nitrogens with one attached hydrogen (secondary N) is 1. The number of nitrogens with zero attached hydrogens (tertiary/aromatic N) is 4. The number of ether oxygens (including phenoxy) is 2. The minimum Gasteiger partial charge on any atom is -0.482 e. The molecule has 1 aromatic heterocycles. The fraction of sp³-hybridized carbons (Fsp3) is 0.217. The zero-order chi connectivity index (χ0) is 22.9. The van der Waals surface area contributed by atoms with Crippen LogP contribution in [0.1, 0.15) is 5.56 Å². The molecule has 2 amide bonds. The zero-order valence-corrected chi connectivity index (χ0v) is 18.9. The number of rotatable bonds is 5. The predicted molar refractivity (Wildman–Crippen MR) is 126 cm³/mol. The smallest absolute Gasteiger partial charge is 0.279 e. The fourth-order valence-electron chi connectivity index (χ4n) is 3.72. The van der Waals surface area contributed by atoms with Crippen LogP contribution in [0.4, 0.5) is 11.4 Å². The highest BCUT2D eigenvalue weighted by molar-refractivity contribution is 7.07. The zero-order valence-electron chi connectivity index (χ0n) is 18.1. The molecule has 0 fully saturated rings. The lowest BCUT2D eigenvalue weighted by Crippen LogP contribution is -2.27. The number of carbonyl (C=O) groups is 2. The van der Waals surface area contributed by atoms with Crippen LogP contribution >= 0.6 is 11.3 Å². The van der Waals surface area contributed by atoms with Crippen molar-refractivity contribution in [3.05, 3.63) is 58.2 Å². The highest BCUT2D eigenvalue weighted by atomic mass is 32.1. The summed E-state index contributed by atoms with van der Waals surface area (Å²) in [6.07, 6.45) is 0. The number of benzene rings is 2. The van der Waals surface area contributed by atoms with Gasteiger partial charge in [0.05, 0.1) is 30.2 Å². The maximum Gasteiger partial charge on any atom is 0.279 e. The quantitative estimate of drug-likeness (QED) is 0.587. The number of aromatic nitrogens is 1. The number of carbonyl (C=O) groups excluding carboxylic acids is 2. The topological polar surface area (TPSA) is 97.5 Å². The third-order valence-corrected chi connectivity index (χ3v) is 6.22. The maximum absolute atomic E-state index is 13.0. The van der Waals surface area contributed by atoms with E-state index in [1.54, 1.807) is 23.7 Å². The molecule has 2 aliphatic rings. The van der Waals surface area contributed by atoms with Crippen molar-refractivity contribution in [2.24, 2.45) is 10.1 Å². The molecule has 2 aliphatic heterocycles. The third-order valence-electron chi connectivity index (χ3n) is 5.36. The van der Waals surface area contributed by atoms with Crippen LogP contribution in [0.2, 0.25) is 0 Å². The summed E-state index contributed by atoms with van der Waals surface area (Å²) < 4.78 is 12.3. The van der Waals surface area contributed by atoms with Gasteiger partial charge in [-0.2, -0.15) is 5.10 Å². The minimum absolute atomic E-state index is 0.00395. The van der Waals surface area contributed by atoms with Gasteiger partial charge in [0.1, 0.15) is 5.75 Å². The summed E-state index contributed by atoms with van der Waals surface area (Å²) in [5.41, 5.74) is 4.06. The van der Waals surface area contributed by atoms with E-state index in [-0.39, 0.29) is 18.4 Å². The first kappa shape index (κ1) is 21.1. The molecular formula is C23H21N5O4S. The first-order valence-corrected chi connectivity index (χ1v) is 11.2. The summed E-state index contributed by atoms with van der Waals surface area (Å²) in [6, 6.07) is 13.1. The molecule has 168 valence electrons. The molecule has 2 aromatic carbocycles. The Morgan fingerprint density at radius 2 is 2.06 bits per heavy atom. The monoisotopic (exact) mass is 463 g/mol. The van der Waals surface area contributed by atoms with Gasteiger partial charge in [-0.25, -0.2) is 4.68 Å². The van der Waals surface area contributed by atoms with Gasteiger partial charge in [0, 0.05) is 30.7 Å². The van der Waals surface area contributed by atoms with E-state index in [0.29, 0.717) is 35.1 Å². The number of hydrogen-bond acceptors (Lipinski definition) is 7. The summed E-state index contributed by atoms with van der Waals surface area (Å²) in [4.78, 5) is 31.6. The van der Waals surface area contributed by atoms with E-state index in [1.165, 1.54) is 11.3 Å². The van der Waals surface area contributed by atoms with E-state index in [9.17, 15) is 9.59 Å². The Balaban J connectivity index is 1.66. The standard InChI is InChI=1S/C23H21N5O4S/c1-27-17-6-4-3-5-15(17)21(22(27)30)26-28-18(13-33-23(28)24-9-10-31-2)14-7-8-19-16(11-14)25-20(29)12-32-19/h3-8,11,13H,9-10,12H2,1-2H3,(H,25,29)/b24-23?,26-21-. The van der Waals surface area contributed by atoms with Crippen LogP contribution in [0.5, 0.6) is 5.75 Å². The van der Waals surface area contributed by atoms with Gasteiger partial charge >= 0.3 is 0 Å². The van der Waals surface area contributed by atoms with Crippen molar-refractivity contribution in [3.63, 3.8) is 0 Å². The van der Waals surface area contributed by atoms with E-state index >= 15 is 0 Å². The molecule has 0 saturated heterocycles. The van der Waals surface area contributed by atoms with Crippen LogP contribution in [0.15, 0.2) is 57.9 Å². The Bertz CT molecular complexity index is 1360. The first-order valence-electron chi connectivity index (χ1n) is 10.3. The Morgan fingerprint density at radius 3 is 2.91 bits per heavy atom. The Kier molecular flexibility index (Phi) is 5.53. The molecule has 3 heterocycles. The van der Waals surface area contributed by atoms with Gasteiger partial charge in [0.25, 0.3) is 11.8 Å². The number of anilines is 2. The highest BCUT2D eigenvalue weighted by Crippen LogP contribution is 2.33. The Labute approximate surface area is 193 Å². The molecule has 0 atom stereocenters. The lowest BCUT2D eigenvalue weighted by atomic mass is 10.1. The average molecular weight is 464 g/mol. The van der Waals surface area contributed by atoms with E-state index < -0.39 is 0 Å². The normalized spacial score (nSPS) is 16.6. The maximum atomic E-state index is 13.0. The molecule has 0 saturated carbocycles. The summed E-state index contributed by atoms with van der Waals surface area (Å²) in [5.74, 6) is 0.220. The molecule has 5 rings (SSSR count). The van der Waals surface area contributed by atoms with Gasteiger partial charge in [0.2, 0.25) is 4.80 Å². The second-order valence-corrected chi connectivity index (χ2v) is 8.30. The summed E-state index contributed by atoms with van der Waals surface area (Å²) in [6.45, 7) is 0.923. The number of hydrogen-bond donors (Lipinski definition) is 1. The van der Waals surface area contributed by atoms with Crippen molar-refractivity contribution < 1.29 is 19.1 Å². The number of amides is 2. The minimum atomic E-state index is -0.204. The molecule has 3 aromatic rings. The van der Waals surface area contributed by atoms with Gasteiger partial charge in [-0.05, 0) is 24.3 Å². The molecule has 9 nitrogen and oxygen atoms in total. The molecular weight excluding hydrogens is 442 g/mol. The van der Waals surface area contributed by atoms with Crippen molar-refractivity contribution in [1.29, 1.82) is 0 Å². The van der Waals surface area contributed by atoms with Gasteiger partial charge in [-0.1, -0.05) is 18.2 Å². The van der Waals surface area contributed by atoms with Crippen molar-refractivity contribution in [1.82, 2.24) is 4.68 Å².